The number of halogens is 2. The van der Waals surface area contributed by atoms with Gasteiger partial charge in [-0.2, -0.15) is 0 Å². The molecule has 4 rings (SSSR count). The van der Waals surface area contributed by atoms with Crippen molar-refractivity contribution >= 4 is 0 Å². The van der Waals surface area contributed by atoms with Crippen molar-refractivity contribution in [2.45, 2.75) is 116 Å². The molecule has 2 saturated carbocycles. The Labute approximate surface area is 230 Å². The average Bonchev–Trinajstić information content (AvgIpc) is 2.93. The number of rotatable bonds is 13. The third kappa shape index (κ3) is 8.38. The zero-order chi connectivity index (χ0) is 26.7. The summed E-state index contributed by atoms with van der Waals surface area (Å²) in [4.78, 5) is 0. The average molecular weight is 525 g/mol. The Morgan fingerprint density at radius 2 is 1.26 bits per heavy atom. The molecule has 0 atom stereocenters. The number of ether oxygens (including phenoxy) is 1. The van der Waals surface area contributed by atoms with Gasteiger partial charge in [-0.15, -0.1) is 0 Å². The summed E-state index contributed by atoms with van der Waals surface area (Å²) in [5.41, 5.74) is 2.87. The molecular formula is C35H50F2O. The molecule has 2 aliphatic rings. The predicted molar refractivity (Wildman–Crippen MR) is 156 cm³/mol. The van der Waals surface area contributed by atoms with Crippen LogP contribution in [0.1, 0.15) is 120 Å². The van der Waals surface area contributed by atoms with Crippen molar-refractivity contribution in [2.75, 3.05) is 13.7 Å². The monoisotopic (exact) mass is 524 g/mol. The predicted octanol–water partition coefficient (Wildman–Crippen LogP) is 10.7. The second-order valence-electron chi connectivity index (χ2n) is 12.3. The molecule has 0 saturated heterocycles. The lowest BCUT2D eigenvalue weighted by Gasteiger charge is -2.28. The van der Waals surface area contributed by atoms with Crippen LogP contribution in [0.4, 0.5) is 8.78 Å². The number of aryl methyl sites for hydroxylation is 1. The molecular weight excluding hydrogens is 474 g/mol. The number of unbranched alkanes of at least 4 members (excludes halogenated alkanes) is 1. The van der Waals surface area contributed by atoms with Gasteiger partial charge in [0.15, 0.2) is 0 Å². The van der Waals surface area contributed by atoms with Crippen LogP contribution in [0.3, 0.4) is 0 Å². The van der Waals surface area contributed by atoms with Gasteiger partial charge in [-0.25, -0.2) is 8.78 Å². The highest BCUT2D eigenvalue weighted by molar-refractivity contribution is 5.65. The van der Waals surface area contributed by atoms with Crippen molar-refractivity contribution < 1.29 is 13.5 Å². The number of hydrogen-bond donors (Lipinski definition) is 0. The molecule has 0 radical (unpaired) electrons. The van der Waals surface area contributed by atoms with Gasteiger partial charge in [0.2, 0.25) is 0 Å². The standard InChI is InChI=1S/C35H50F2O/c1-3-7-26-15-18-30(19-16-26)31-20-22-33(35(37)25-31)32-21-17-29(24-34(32)36)9-5-4-8-27-11-13-28(14-12-27)10-6-23-38-2/h17,20-22,24-28,30H,3-16,18-19,23H2,1-2H3. The lowest BCUT2D eigenvalue weighted by atomic mass is 9.77. The maximum absolute atomic E-state index is 15.1. The van der Waals surface area contributed by atoms with Crippen LogP contribution in [-0.2, 0) is 11.2 Å². The Balaban J connectivity index is 1.22. The molecule has 0 N–H and O–H groups in total. The minimum Gasteiger partial charge on any atom is -0.385 e. The maximum atomic E-state index is 15.1. The Hall–Kier alpha value is -1.74. The van der Waals surface area contributed by atoms with Crippen molar-refractivity contribution in [2.24, 2.45) is 17.8 Å². The van der Waals surface area contributed by atoms with Gasteiger partial charge in [0, 0.05) is 24.8 Å². The van der Waals surface area contributed by atoms with E-state index in [1.807, 2.05) is 12.1 Å². The van der Waals surface area contributed by atoms with Crippen LogP contribution in [0.25, 0.3) is 11.1 Å². The van der Waals surface area contributed by atoms with Crippen LogP contribution in [0.5, 0.6) is 0 Å². The fourth-order valence-electron chi connectivity index (χ4n) is 7.22. The van der Waals surface area contributed by atoms with E-state index in [1.165, 1.54) is 77.0 Å². The van der Waals surface area contributed by atoms with Gasteiger partial charge in [0.25, 0.3) is 0 Å². The largest absolute Gasteiger partial charge is 0.385 e. The summed E-state index contributed by atoms with van der Waals surface area (Å²) in [7, 11) is 1.79. The van der Waals surface area contributed by atoms with E-state index in [0.29, 0.717) is 17.0 Å². The fourth-order valence-corrected chi connectivity index (χ4v) is 7.22. The molecule has 210 valence electrons. The Morgan fingerprint density at radius 3 is 1.87 bits per heavy atom. The molecule has 2 aliphatic carbocycles. The fraction of sp³-hybridized carbons (Fsp3) is 0.657. The quantitative estimate of drug-likeness (QED) is 0.237. The third-order valence-electron chi connectivity index (χ3n) is 9.59. The molecule has 2 fully saturated rings. The Kier molecular flexibility index (Phi) is 11.7. The van der Waals surface area contributed by atoms with Crippen molar-refractivity contribution in [1.82, 2.24) is 0 Å². The molecule has 0 unspecified atom stereocenters. The number of methoxy groups -OCH3 is 1. The molecule has 1 nitrogen and oxygen atoms in total. The summed E-state index contributed by atoms with van der Waals surface area (Å²) < 4.78 is 35.4. The molecule has 3 heteroatoms. The zero-order valence-corrected chi connectivity index (χ0v) is 24.0. The first-order valence-electron chi connectivity index (χ1n) is 15.6. The van der Waals surface area contributed by atoms with Crippen molar-refractivity contribution in [3.8, 4) is 11.1 Å². The highest BCUT2D eigenvalue weighted by Gasteiger charge is 2.23. The minimum absolute atomic E-state index is 0.293. The molecule has 0 bridgehead atoms. The summed E-state index contributed by atoms with van der Waals surface area (Å²) in [5.74, 6) is 2.44. The van der Waals surface area contributed by atoms with Gasteiger partial charge in [0.05, 0.1) is 0 Å². The summed E-state index contributed by atoms with van der Waals surface area (Å²) in [5, 5.41) is 0. The maximum Gasteiger partial charge on any atom is 0.131 e. The summed E-state index contributed by atoms with van der Waals surface area (Å²) >= 11 is 0. The first-order chi connectivity index (χ1) is 18.6. The van der Waals surface area contributed by atoms with E-state index in [9.17, 15) is 0 Å². The number of benzene rings is 2. The topological polar surface area (TPSA) is 9.23 Å². The van der Waals surface area contributed by atoms with Gasteiger partial charge in [0.1, 0.15) is 11.6 Å². The first-order valence-corrected chi connectivity index (χ1v) is 15.6. The van der Waals surface area contributed by atoms with E-state index in [0.717, 1.165) is 61.2 Å². The van der Waals surface area contributed by atoms with E-state index in [2.05, 4.69) is 6.92 Å². The Bertz CT molecular complexity index is 970. The molecule has 2 aromatic carbocycles. The second-order valence-corrected chi connectivity index (χ2v) is 12.3. The summed E-state index contributed by atoms with van der Waals surface area (Å²) in [6.07, 6.45) is 19.8. The molecule has 0 heterocycles. The minimum atomic E-state index is -0.305. The van der Waals surface area contributed by atoms with Crippen LogP contribution in [0.15, 0.2) is 36.4 Å². The van der Waals surface area contributed by atoms with Crippen LogP contribution in [-0.4, -0.2) is 13.7 Å². The lowest BCUT2D eigenvalue weighted by molar-refractivity contribution is 0.175. The van der Waals surface area contributed by atoms with E-state index < -0.39 is 0 Å². The van der Waals surface area contributed by atoms with Crippen LogP contribution in [0, 0.1) is 29.4 Å². The lowest BCUT2D eigenvalue weighted by Crippen LogP contribution is -2.15. The van der Waals surface area contributed by atoms with Crippen molar-refractivity contribution in [3.05, 3.63) is 59.2 Å². The van der Waals surface area contributed by atoms with Crippen molar-refractivity contribution in [3.63, 3.8) is 0 Å². The van der Waals surface area contributed by atoms with Gasteiger partial charge < -0.3 is 4.74 Å². The van der Waals surface area contributed by atoms with E-state index in [4.69, 9.17) is 4.74 Å². The summed E-state index contributed by atoms with van der Waals surface area (Å²) in [6, 6.07) is 10.9. The van der Waals surface area contributed by atoms with Crippen LogP contribution < -0.4 is 0 Å². The Morgan fingerprint density at radius 1 is 0.684 bits per heavy atom. The van der Waals surface area contributed by atoms with E-state index in [1.54, 1.807) is 31.4 Å². The zero-order valence-electron chi connectivity index (χ0n) is 24.0. The molecule has 2 aromatic rings. The van der Waals surface area contributed by atoms with Gasteiger partial charge in [-0.05, 0) is 98.3 Å². The third-order valence-corrected chi connectivity index (χ3v) is 9.59. The van der Waals surface area contributed by atoms with Gasteiger partial charge >= 0.3 is 0 Å². The first kappa shape index (κ1) is 29.2. The molecule has 0 aliphatic heterocycles. The molecule has 38 heavy (non-hydrogen) atoms. The van der Waals surface area contributed by atoms with Gasteiger partial charge in [-0.3, -0.25) is 0 Å². The van der Waals surface area contributed by atoms with Gasteiger partial charge in [-0.1, -0.05) is 82.6 Å². The SMILES string of the molecule is CCCC1CCC(c2ccc(-c3ccc(CCCCC4CCC(CCCOC)CC4)cc3F)c(F)c2)CC1. The molecule has 0 spiro atoms. The smallest absolute Gasteiger partial charge is 0.131 e. The van der Waals surface area contributed by atoms with Crippen molar-refractivity contribution in [1.29, 1.82) is 0 Å². The summed E-state index contributed by atoms with van der Waals surface area (Å²) in [6.45, 7) is 3.15. The highest BCUT2D eigenvalue weighted by Crippen LogP contribution is 2.39. The second kappa shape index (κ2) is 15.2. The highest BCUT2D eigenvalue weighted by atomic mass is 19.1. The normalized spacial score (nSPS) is 24.0. The molecule has 0 aromatic heterocycles. The van der Waals surface area contributed by atoms with Crippen LogP contribution in [0.2, 0.25) is 0 Å². The number of hydrogen-bond acceptors (Lipinski definition) is 1. The molecule has 0 amide bonds. The van der Waals surface area contributed by atoms with Crippen LogP contribution >= 0.6 is 0 Å². The van der Waals surface area contributed by atoms with E-state index >= 15 is 8.78 Å². The van der Waals surface area contributed by atoms with E-state index in [-0.39, 0.29) is 11.6 Å².